The number of fused-ring (bicyclic) bond motifs is 2. The number of likely N-dealkylation sites (tertiary alicyclic amines) is 1. The number of benzene rings is 1. The second kappa shape index (κ2) is 11.0. The van der Waals surface area contributed by atoms with Crippen molar-refractivity contribution < 1.29 is 9.84 Å². The second-order valence-corrected chi connectivity index (χ2v) is 10.5. The van der Waals surface area contributed by atoms with Gasteiger partial charge < -0.3 is 25.4 Å². The maximum Gasteiger partial charge on any atom is 0.206 e. The minimum atomic E-state index is 0.165. The first-order valence-electron chi connectivity index (χ1n) is 13.7. The summed E-state index contributed by atoms with van der Waals surface area (Å²) < 4.78 is 5.92. The highest BCUT2D eigenvalue weighted by Gasteiger charge is 2.33. The van der Waals surface area contributed by atoms with Crippen molar-refractivity contribution >= 4 is 17.3 Å². The molecule has 3 N–H and O–H groups in total. The van der Waals surface area contributed by atoms with Crippen molar-refractivity contribution in [2.24, 2.45) is 0 Å². The molecule has 0 radical (unpaired) electrons. The number of phenols is 1. The molecule has 10 heteroatoms. The van der Waals surface area contributed by atoms with Crippen molar-refractivity contribution in [2.45, 2.75) is 44.4 Å². The molecule has 3 aliphatic rings. The summed E-state index contributed by atoms with van der Waals surface area (Å²) in [6.07, 6.45) is 5.76. The minimum Gasteiger partial charge on any atom is -0.507 e. The summed E-state index contributed by atoms with van der Waals surface area (Å²) >= 11 is 0. The van der Waals surface area contributed by atoms with Gasteiger partial charge in [-0.2, -0.15) is 0 Å². The molecule has 3 aliphatic heterocycles. The van der Waals surface area contributed by atoms with Crippen LogP contribution in [0.3, 0.4) is 0 Å². The van der Waals surface area contributed by atoms with E-state index in [0.29, 0.717) is 41.7 Å². The number of aromatic hydroxyl groups is 1. The summed E-state index contributed by atoms with van der Waals surface area (Å²) in [4.78, 5) is 16.1. The Bertz CT molecular complexity index is 1380. The maximum atomic E-state index is 10.3. The number of anilines is 3. The van der Waals surface area contributed by atoms with Gasteiger partial charge in [-0.3, -0.25) is 4.90 Å². The van der Waals surface area contributed by atoms with Crippen molar-refractivity contribution in [2.75, 3.05) is 54.8 Å². The van der Waals surface area contributed by atoms with E-state index in [0.717, 1.165) is 63.5 Å². The molecule has 5 heterocycles. The van der Waals surface area contributed by atoms with E-state index in [1.807, 2.05) is 24.3 Å². The summed E-state index contributed by atoms with van der Waals surface area (Å²) in [5.41, 5.74) is 8.32. The molecule has 2 aromatic heterocycles. The van der Waals surface area contributed by atoms with Crippen molar-refractivity contribution in [1.82, 2.24) is 25.1 Å². The average molecular weight is 527 g/mol. The Morgan fingerprint density at radius 3 is 2.69 bits per heavy atom. The standard InChI is InChI=1S/C29H34N8O2/c1-20-11-14-36(25-17-24(33-34-29(25)30)23-5-2-3-6-26(23)38)15-16-37(20)28-10-12-31-27(32-28)7-4-13-35-18-21-8-9-22(19-35)39-21/h2-3,5-6,10,12,17,20-22,38H,8-9,11,13-16,18-19H2,1H3,(H2,30,34). The normalized spacial score (nSPS) is 23.3. The zero-order valence-corrected chi connectivity index (χ0v) is 22.2. The van der Waals surface area contributed by atoms with E-state index in [2.05, 4.69) is 48.6 Å². The molecule has 10 nitrogen and oxygen atoms in total. The summed E-state index contributed by atoms with van der Waals surface area (Å²) in [6, 6.07) is 11.3. The SMILES string of the molecule is CC1CCN(c2cc(-c3ccccc3O)nnc2N)CCN1c1ccnc(C#CCN2CC3CCC(C2)O3)n1. The van der Waals surface area contributed by atoms with E-state index in [-0.39, 0.29) is 11.8 Å². The van der Waals surface area contributed by atoms with Gasteiger partial charge in [-0.1, -0.05) is 18.1 Å². The molecule has 202 valence electrons. The van der Waals surface area contributed by atoms with Gasteiger partial charge in [-0.05, 0) is 56.4 Å². The van der Waals surface area contributed by atoms with E-state index >= 15 is 0 Å². The molecule has 0 amide bonds. The summed E-state index contributed by atoms with van der Waals surface area (Å²) in [7, 11) is 0. The molecule has 1 aromatic carbocycles. The monoisotopic (exact) mass is 526 g/mol. The van der Waals surface area contributed by atoms with Crippen LogP contribution in [0.25, 0.3) is 11.3 Å². The lowest BCUT2D eigenvalue weighted by Gasteiger charge is -2.30. The fourth-order valence-electron chi connectivity index (χ4n) is 5.73. The Morgan fingerprint density at radius 2 is 1.87 bits per heavy atom. The lowest BCUT2D eigenvalue weighted by molar-refractivity contribution is -0.0337. The van der Waals surface area contributed by atoms with Crippen LogP contribution < -0.4 is 15.5 Å². The average Bonchev–Trinajstić information content (AvgIpc) is 3.16. The third-order valence-corrected chi connectivity index (χ3v) is 7.84. The zero-order chi connectivity index (χ0) is 26.8. The molecular formula is C29H34N8O2. The molecule has 3 fully saturated rings. The minimum absolute atomic E-state index is 0.165. The fourth-order valence-corrected chi connectivity index (χ4v) is 5.73. The maximum absolute atomic E-state index is 10.3. The number of nitrogen functional groups attached to an aromatic ring is 1. The number of rotatable bonds is 4. The van der Waals surface area contributed by atoms with Gasteiger partial charge in [0.15, 0.2) is 5.82 Å². The van der Waals surface area contributed by atoms with E-state index in [4.69, 9.17) is 15.5 Å². The van der Waals surface area contributed by atoms with Crippen LogP contribution in [0.5, 0.6) is 5.75 Å². The van der Waals surface area contributed by atoms with Gasteiger partial charge in [0.05, 0.1) is 30.1 Å². The molecule has 3 atom stereocenters. The molecule has 2 bridgehead atoms. The Hall–Kier alpha value is -3.94. The third kappa shape index (κ3) is 5.60. The topological polar surface area (TPSA) is 117 Å². The molecule has 3 unspecified atom stereocenters. The number of morpholine rings is 1. The van der Waals surface area contributed by atoms with Crippen LogP contribution in [-0.2, 0) is 4.74 Å². The first-order valence-corrected chi connectivity index (χ1v) is 13.7. The van der Waals surface area contributed by atoms with Gasteiger partial charge in [-0.15, -0.1) is 10.2 Å². The molecule has 6 rings (SSSR count). The largest absolute Gasteiger partial charge is 0.507 e. The Kier molecular flexibility index (Phi) is 7.18. The van der Waals surface area contributed by atoms with E-state index < -0.39 is 0 Å². The predicted molar refractivity (Wildman–Crippen MR) is 150 cm³/mol. The van der Waals surface area contributed by atoms with E-state index in [1.165, 1.54) is 0 Å². The quantitative estimate of drug-likeness (QED) is 0.491. The van der Waals surface area contributed by atoms with Crippen molar-refractivity contribution in [3.05, 3.63) is 48.4 Å². The smallest absolute Gasteiger partial charge is 0.206 e. The van der Waals surface area contributed by atoms with Crippen LogP contribution in [-0.4, -0.2) is 87.7 Å². The van der Waals surface area contributed by atoms with Crippen molar-refractivity contribution in [3.63, 3.8) is 0 Å². The summed E-state index contributed by atoms with van der Waals surface area (Å²) in [5.74, 6) is 8.42. The number of nitrogens with zero attached hydrogens (tertiary/aromatic N) is 7. The van der Waals surface area contributed by atoms with Crippen molar-refractivity contribution in [3.8, 4) is 28.8 Å². The first kappa shape index (κ1) is 25.3. The number of aromatic nitrogens is 4. The van der Waals surface area contributed by atoms with Crippen LogP contribution in [0.2, 0.25) is 0 Å². The van der Waals surface area contributed by atoms with Crippen LogP contribution in [0.15, 0.2) is 42.6 Å². The Balaban J connectivity index is 1.14. The Morgan fingerprint density at radius 1 is 1.05 bits per heavy atom. The van der Waals surface area contributed by atoms with E-state index in [9.17, 15) is 5.11 Å². The van der Waals surface area contributed by atoms with Crippen LogP contribution >= 0.6 is 0 Å². The fraction of sp³-hybridized carbons (Fsp3) is 0.448. The molecule has 0 spiro atoms. The number of nitrogens with two attached hydrogens (primary N) is 1. The third-order valence-electron chi connectivity index (χ3n) is 7.84. The number of ether oxygens (including phenoxy) is 1. The molecule has 3 aromatic rings. The van der Waals surface area contributed by atoms with Gasteiger partial charge in [0.1, 0.15) is 11.6 Å². The number of hydrogen-bond acceptors (Lipinski definition) is 10. The zero-order valence-electron chi connectivity index (χ0n) is 22.2. The highest BCUT2D eigenvalue weighted by Crippen LogP contribution is 2.32. The van der Waals surface area contributed by atoms with Crippen LogP contribution in [0.4, 0.5) is 17.3 Å². The lowest BCUT2D eigenvalue weighted by atomic mass is 10.1. The number of para-hydroxylation sites is 1. The second-order valence-electron chi connectivity index (χ2n) is 10.5. The highest BCUT2D eigenvalue weighted by atomic mass is 16.5. The van der Waals surface area contributed by atoms with Gasteiger partial charge >= 0.3 is 0 Å². The van der Waals surface area contributed by atoms with Crippen LogP contribution in [0.1, 0.15) is 32.0 Å². The molecular weight excluding hydrogens is 492 g/mol. The summed E-state index contributed by atoms with van der Waals surface area (Å²) in [5, 5.41) is 18.7. The first-order chi connectivity index (χ1) is 19.0. The van der Waals surface area contributed by atoms with Crippen molar-refractivity contribution in [1.29, 1.82) is 0 Å². The number of phenolic OH excluding ortho intramolecular Hbond substituents is 1. The Labute approximate surface area is 228 Å². The predicted octanol–water partition coefficient (Wildman–Crippen LogP) is 2.54. The van der Waals surface area contributed by atoms with Gasteiger partial charge in [0.25, 0.3) is 0 Å². The summed E-state index contributed by atoms with van der Waals surface area (Å²) in [6.45, 7) is 7.15. The lowest BCUT2D eigenvalue weighted by Crippen LogP contribution is -2.42. The van der Waals surface area contributed by atoms with Gasteiger partial charge in [0.2, 0.25) is 5.82 Å². The molecule has 3 saturated heterocycles. The molecule has 39 heavy (non-hydrogen) atoms. The van der Waals surface area contributed by atoms with Crippen LogP contribution in [0, 0.1) is 11.8 Å². The van der Waals surface area contributed by atoms with Gasteiger partial charge in [0, 0.05) is 50.5 Å². The van der Waals surface area contributed by atoms with Gasteiger partial charge in [-0.25, -0.2) is 9.97 Å². The highest BCUT2D eigenvalue weighted by molar-refractivity contribution is 5.74. The molecule has 0 aliphatic carbocycles. The van der Waals surface area contributed by atoms with E-state index in [1.54, 1.807) is 18.3 Å². The molecule has 0 saturated carbocycles. The number of hydrogen-bond donors (Lipinski definition) is 2.